The van der Waals surface area contributed by atoms with Gasteiger partial charge >= 0.3 is 0 Å². The van der Waals surface area contributed by atoms with Crippen LogP contribution in [0.4, 0.5) is 0 Å². The van der Waals surface area contributed by atoms with Crippen molar-refractivity contribution in [1.82, 2.24) is 4.98 Å². The molecule has 1 heterocycles. The van der Waals surface area contributed by atoms with E-state index in [4.69, 9.17) is 22.3 Å². The van der Waals surface area contributed by atoms with Crippen LogP contribution in [-0.4, -0.2) is 13.4 Å². The molecule has 7 heteroatoms. The summed E-state index contributed by atoms with van der Waals surface area (Å²) in [5.41, 5.74) is 0. The molecule has 0 aromatic carbocycles. The summed E-state index contributed by atoms with van der Waals surface area (Å²) >= 11 is 8.67. The zero-order chi connectivity index (χ0) is 9.35. The molecule has 12 heavy (non-hydrogen) atoms. The molecule has 0 fully saturated rings. The first-order valence-corrected chi connectivity index (χ1v) is 6.15. The maximum absolute atomic E-state index is 10.7. The van der Waals surface area contributed by atoms with Crippen molar-refractivity contribution in [2.75, 3.05) is 0 Å². The van der Waals surface area contributed by atoms with Gasteiger partial charge in [0.05, 0.1) is 9.50 Å². The molecule has 0 aliphatic rings. The zero-order valence-electron chi connectivity index (χ0n) is 5.46. The fourth-order valence-electron chi connectivity index (χ4n) is 0.530. The Kier molecular flexibility index (Phi) is 2.98. The second-order valence-corrected chi connectivity index (χ2v) is 5.65. The lowest BCUT2D eigenvalue weighted by molar-refractivity contribution is 0.606. The van der Waals surface area contributed by atoms with Crippen molar-refractivity contribution >= 4 is 47.3 Å². The molecule has 0 spiro atoms. The van der Waals surface area contributed by atoms with Crippen LogP contribution in [0.25, 0.3) is 0 Å². The monoisotopic (exact) mass is 289 g/mol. The van der Waals surface area contributed by atoms with Crippen molar-refractivity contribution in [3.8, 4) is 0 Å². The maximum Gasteiger partial charge on any atom is 0.278 e. The van der Waals surface area contributed by atoms with E-state index < -0.39 is 9.05 Å². The average molecular weight is 291 g/mol. The smallest absolute Gasteiger partial charge is 0.242 e. The van der Waals surface area contributed by atoms with Crippen LogP contribution in [0, 0.1) is 0 Å². The van der Waals surface area contributed by atoms with Gasteiger partial charge in [-0.3, -0.25) is 0 Å². The van der Waals surface area contributed by atoms with E-state index in [0.717, 1.165) is 0 Å². The Labute approximate surface area is 87.3 Å². The van der Waals surface area contributed by atoms with E-state index in [1.165, 1.54) is 12.3 Å². The summed E-state index contributed by atoms with van der Waals surface area (Å²) in [5, 5.41) is 0.00147. The molecule has 66 valence electrons. The van der Waals surface area contributed by atoms with E-state index in [1.54, 1.807) is 0 Å². The van der Waals surface area contributed by atoms with Crippen LogP contribution < -0.4 is 0 Å². The van der Waals surface area contributed by atoms with Gasteiger partial charge in [-0.1, -0.05) is 11.6 Å². The predicted molar refractivity (Wildman–Crippen MR) is 50.0 cm³/mol. The fraction of sp³-hybridized carbons (Fsp3) is 0. The molecular formula is C5H2BrCl2NO2S. The number of halogens is 3. The number of nitrogens with zero attached hydrogens (tertiary/aromatic N) is 1. The predicted octanol–water partition coefficient (Wildman–Crippen LogP) is 2.43. The normalized spacial score (nSPS) is 11.6. The molecule has 1 aromatic rings. The van der Waals surface area contributed by atoms with Crippen molar-refractivity contribution in [3.05, 3.63) is 21.8 Å². The Morgan fingerprint density at radius 2 is 2.08 bits per heavy atom. The van der Waals surface area contributed by atoms with Gasteiger partial charge in [0.25, 0.3) is 9.05 Å². The summed E-state index contributed by atoms with van der Waals surface area (Å²) in [4.78, 5) is 3.56. The number of hydrogen-bond acceptors (Lipinski definition) is 3. The third kappa shape index (κ3) is 2.32. The van der Waals surface area contributed by atoms with Gasteiger partial charge < -0.3 is 0 Å². The van der Waals surface area contributed by atoms with Crippen LogP contribution in [0.5, 0.6) is 0 Å². The molecule has 3 nitrogen and oxygen atoms in total. The first-order chi connectivity index (χ1) is 5.41. The number of aromatic nitrogens is 1. The summed E-state index contributed by atoms with van der Waals surface area (Å²) in [5.74, 6) is 0. The zero-order valence-corrected chi connectivity index (χ0v) is 9.37. The van der Waals surface area contributed by atoms with Crippen LogP contribution in [-0.2, 0) is 9.05 Å². The standard InChI is InChI=1S/C5H2BrCl2NO2S/c6-3-2-9-5(1-4(3)7)12(8,10)11/h1-2H. The summed E-state index contributed by atoms with van der Waals surface area (Å²) in [6, 6.07) is 1.17. The van der Waals surface area contributed by atoms with E-state index in [2.05, 4.69) is 20.9 Å². The Hall–Kier alpha value is 0.160. The van der Waals surface area contributed by atoms with Crippen LogP contribution in [0.15, 0.2) is 21.8 Å². The summed E-state index contributed by atoms with van der Waals surface area (Å²) in [6.07, 6.45) is 1.28. The lowest BCUT2D eigenvalue weighted by Gasteiger charge is -1.96. The minimum absolute atomic E-state index is 0.252. The molecule has 0 bridgehead atoms. The maximum atomic E-state index is 10.7. The van der Waals surface area contributed by atoms with Crippen LogP contribution in [0.2, 0.25) is 5.02 Å². The lowest BCUT2D eigenvalue weighted by atomic mass is 10.5. The molecule has 0 aliphatic carbocycles. The second kappa shape index (κ2) is 3.49. The minimum atomic E-state index is -3.79. The highest BCUT2D eigenvalue weighted by Gasteiger charge is 2.12. The van der Waals surface area contributed by atoms with E-state index in [0.29, 0.717) is 4.47 Å². The largest absolute Gasteiger partial charge is 0.278 e. The second-order valence-electron chi connectivity index (χ2n) is 1.87. The van der Waals surface area contributed by atoms with Crippen LogP contribution >= 0.6 is 38.2 Å². The van der Waals surface area contributed by atoms with Crippen molar-refractivity contribution in [3.63, 3.8) is 0 Å². The van der Waals surface area contributed by atoms with Gasteiger partial charge in [-0.2, -0.15) is 0 Å². The Morgan fingerprint density at radius 1 is 1.50 bits per heavy atom. The number of hydrogen-bond donors (Lipinski definition) is 0. The topological polar surface area (TPSA) is 47.0 Å². The Bertz CT molecular complexity index is 406. The quantitative estimate of drug-likeness (QED) is 0.746. The number of pyridine rings is 1. The van der Waals surface area contributed by atoms with Gasteiger partial charge in [-0.25, -0.2) is 13.4 Å². The molecule has 0 saturated carbocycles. The molecule has 0 amide bonds. The minimum Gasteiger partial charge on any atom is -0.242 e. The molecule has 0 radical (unpaired) electrons. The summed E-state index contributed by atoms with van der Waals surface area (Å²) in [6.45, 7) is 0. The van der Waals surface area contributed by atoms with Crippen molar-refractivity contribution in [1.29, 1.82) is 0 Å². The first kappa shape index (κ1) is 10.2. The highest BCUT2D eigenvalue weighted by molar-refractivity contribution is 9.10. The van der Waals surface area contributed by atoms with Crippen molar-refractivity contribution in [2.45, 2.75) is 5.03 Å². The summed E-state index contributed by atoms with van der Waals surface area (Å²) < 4.78 is 22.0. The SMILES string of the molecule is O=S(=O)(Cl)c1cc(Cl)c(Br)cn1. The van der Waals surface area contributed by atoms with Gasteiger partial charge in [0.15, 0.2) is 5.03 Å². The van der Waals surface area contributed by atoms with Crippen molar-refractivity contribution in [2.24, 2.45) is 0 Å². The van der Waals surface area contributed by atoms with Crippen molar-refractivity contribution < 1.29 is 8.42 Å². The molecule has 0 unspecified atom stereocenters. The molecule has 1 rings (SSSR count). The van der Waals surface area contributed by atoms with E-state index in [9.17, 15) is 8.42 Å². The van der Waals surface area contributed by atoms with Gasteiger partial charge in [0.2, 0.25) is 0 Å². The van der Waals surface area contributed by atoms with E-state index in [-0.39, 0.29) is 10.0 Å². The van der Waals surface area contributed by atoms with Gasteiger partial charge in [0, 0.05) is 16.9 Å². The molecule has 0 N–H and O–H groups in total. The molecule has 0 atom stereocenters. The molecular weight excluding hydrogens is 289 g/mol. The third-order valence-corrected chi connectivity index (χ3v) is 3.40. The highest BCUT2D eigenvalue weighted by atomic mass is 79.9. The number of rotatable bonds is 1. The third-order valence-electron chi connectivity index (χ3n) is 1.03. The van der Waals surface area contributed by atoms with E-state index >= 15 is 0 Å². The molecule has 0 aliphatic heterocycles. The van der Waals surface area contributed by atoms with Crippen LogP contribution in [0.3, 0.4) is 0 Å². The van der Waals surface area contributed by atoms with Crippen LogP contribution in [0.1, 0.15) is 0 Å². The average Bonchev–Trinajstić information content (AvgIpc) is 1.92. The Balaban J connectivity index is 3.33. The lowest BCUT2D eigenvalue weighted by Crippen LogP contribution is -1.94. The van der Waals surface area contributed by atoms with Gasteiger partial charge in [0.1, 0.15) is 0 Å². The molecule has 0 saturated heterocycles. The fourth-order valence-corrected chi connectivity index (χ4v) is 1.65. The van der Waals surface area contributed by atoms with Gasteiger partial charge in [-0.15, -0.1) is 0 Å². The Morgan fingerprint density at radius 3 is 2.50 bits per heavy atom. The summed E-state index contributed by atoms with van der Waals surface area (Å²) in [7, 11) is 1.23. The molecule has 1 aromatic heterocycles. The first-order valence-electron chi connectivity index (χ1n) is 2.67. The van der Waals surface area contributed by atoms with Gasteiger partial charge in [-0.05, 0) is 22.0 Å². The highest BCUT2D eigenvalue weighted by Crippen LogP contribution is 2.24. The van der Waals surface area contributed by atoms with E-state index in [1.807, 2.05) is 0 Å².